The molecule has 1 heterocycles. The van der Waals surface area contributed by atoms with E-state index in [0.29, 0.717) is 0 Å². The number of rotatable bonds is 1. The Bertz CT molecular complexity index is 221. The van der Waals surface area contributed by atoms with Gasteiger partial charge in [-0.05, 0) is 18.4 Å². The number of hydrogen-bond acceptors (Lipinski definition) is 2. The molecule has 0 aromatic carbocycles. The standard InChI is InChI=1S/C9H13ClO2/c1-5(2)9-8(10)6(3)4-7(11)12-9/h4-5,8-9H,1-3H3. The zero-order chi connectivity index (χ0) is 9.30. The maximum atomic E-state index is 11.0. The van der Waals surface area contributed by atoms with E-state index in [2.05, 4.69) is 0 Å². The first kappa shape index (κ1) is 9.59. The highest BCUT2D eigenvalue weighted by Crippen LogP contribution is 2.26. The molecule has 1 aliphatic rings. The summed E-state index contributed by atoms with van der Waals surface area (Å²) in [7, 11) is 0. The van der Waals surface area contributed by atoms with Crippen molar-refractivity contribution in [3.05, 3.63) is 11.6 Å². The highest BCUT2D eigenvalue weighted by molar-refractivity contribution is 6.23. The van der Waals surface area contributed by atoms with Crippen LogP contribution in [0.15, 0.2) is 11.6 Å². The molecule has 0 aliphatic carbocycles. The Balaban J connectivity index is 2.81. The van der Waals surface area contributed by atoms with Gasteiger partial charge < -0.3 is 4.74 Å². The van der Waals surface area contributed by atoms with Crippen molar-refractivity contribution in [2.75, 3.05) is 0 Å². The average molecular weight is 189 g/mol. The van der Waals surface area contributed by atoms with Crippen molar-refractivity contribution in [1.82, 2.24) is 0 Å². The summed E-state index contributed by atoms with van der Waals surface area (Å²) in [4.78, 5) is 11.0. The quantitative estimate of drug-likeness (QED) is 0.466. The molecule has 2 nitrogen and oxygen atoms in total. The summed E-state index contributed by atoms with van der Waals surface area (Å²) in [6.07, 6.45) is 1.28. The van der Waals surface area contributed by atoms with Crippen LogP contribution in [0.1, 0.15) is 20.8 Å². The van der Waals surface area contributed by atoms with Crippen LogP contribution >= 0.6 is 11.6 Å². The molecule has 2 atom stereocenters. The van der Waals surface area contributed by atoms with Crippen LogP contribution in [0, 0.1) is 5.92 Å². The molecule has 0 spiro atoms. The molecular formula is C9H13ClO2. The smallest absolute Gasteiger partial charge is 0.331 e. The summed E-state index contributed by atoms with van der Waals surface area (Å²) in [5, 5.41) is -0.164. The van der Waals surface area contributed by atoms with Crippen LogP contribution in [0.5, 0.6) is 0 Å². The summed E-state index contributed by atoms with van der Waals surface area (Å²) in [6, 6.07) is 0. The molecule has 0 bridgehead atoms. The Morgan fingerprint density at radius 2 is 2.17 bits per heavy atom. The molecule has 68 valence electrons. The Morgan fingerprint density at radius 3 is 2.67 bits per heavy atom. The SMILES string of the molecule is CC1=CC(=O)OC(C(C)C)C1Cl. The number of cyclic esters (lactones) is 1. The summed E-state index contributed by atoms with van der Waals surface area (Å²) in [5.74, 6) is -0.0109. The van der Waals surface area contributed by atoms with Gasteiger partial charge in [0.05, 0.1) is 5.38 Å². The molecule has 0 aromatic rings. The van der Waals surface area contributed by atoms with E-state index in [0.717, 1.165) is 5.57 Å². The molecule has 3 heteroatoms. The lowest BCUT2D eigenvalue weighted by atomic mass is 9.97. The van der Waals surface area contributed by atoms with E-state index in [9.17, 15) is 4.79 Å². The Labute approximate surface area is 77.5 Å². The number of carbonyl (C=O) groups excluding carboxylic acids is 1. The van der Waals surface area contributed by atoms with Crippen LogP contribution in [0.25, 0.3) is 0 Å². The molecule has 1 rings (SSSR count). The maximum absolute atomic E-state index is 11.0. The van der Waals surface area contributed by atoms with E-state index >= 15 is 0 Å². The third-order valence-corrected chi connectivity index (χ3v) is 2.57. The van der Waals surface area contributed by atoms with E-state index in [1.807, 2.05) is 20.8 Å². The number of halogens is 1. The highest BCUT2D eigenvalue weighted by Gasteiger charge is 2.31. The van der Waals surface area contributed by atoms with Gasteiger partial charge in [-0.3, -0.25) is 0 Å². The van der Waals surface area contributed by atoms with E-state index in [4.69, 9.17) is 16.3 Å². The normalized spacial score (nSPS) is 30.1. The summed E-state index contributed by atoms with van der Waals surface area (Å²) >= 11 is 6.05. The van der Waals surface area contributed by atoms with Crippen LogP contribution in [0.3, 0.4) is 0 Å². The molecule has 2 unspecified atom stereocenters. The van der Waals surface area contributed by atoms with Crippen LogP contribution in [-0.2, 0) is 9.53 Å². The zero-order valence-electron chi connectivity index (χ0n) is 7.50. The predicted molar refractivity (Wildman–Crippen MR) is 48.1 cm³/mol. The molecular weight excluding hydrogens is 176 g/mol. The lowest BCUT2D eigenvalue weighted by molar-refractivity contribution is -0.146. The minimum absolute atomic E-state index is 0.164. The number of ether oxygens (including phenoxy) is 1. The van der Waals surface area contributed by atoms with Gasteiger partial charge in [0.1, 0.15) is 6.10 Å². The van der Waals surface area contributed by atoms with Crippen molar-refractivity contribution >= 4 is 17.6 Å². The van der Waals surface area contributed by atoms with E-state index in [1.165, 1.54) is 6.08 Å². The molecule has 0 saturated heterocycles. The molecule has 0 saturated carbocycles. The predicted octanol–water partition coefficient (Wildman–Crippen LogP) is 2.12. The summed E-state index contributed by atoms with van der Waals surface area (Å²) in [5.41, 5.74) is 0.895. The fourth-order valence-corrected chi connectivity index (χ4v) is 1.63. The molecule has 12 heavy (non-hydrogen) atoms. The van der Waals surface area contributed by atoms with Crippen LogP contribution in [0.4, 0.5) is 0 Å². The molecule has 0 fully saturated rings. The van der Waals surface area contributed by atoms with Crippen molar-refractivity contribution in [2.24, 2.45) is 5.92 Å². The van der Waals surface area contributed by atoms with Crippen molar-refractivity contribution in [3.63, 3.8) is 0 Å². The molecule has 0 N–H and O–H groups in total. The highest BCUT2D eigenvalue weighted by atomic mass is 35.5. The van der Waals surface area contributed by atoms with E-state index in [1.54, 1.807) is 0 Å². The van der Waals surface area contributed by atoms with Gasteiger partial charge in [-0.2, -0.15) is 0 Å². The van der Waals surface area contributed by atoms with Gasteiger partial charge in [0.2, 0.25) is 0 Å². The first-order valence-corrected chi connectivity index (χ1v) is 4.49. The summed E-state index contributed by atoms with van der Waals surface area (Å²) < 4.78 is 5.08. The van der Waals surface area contributed by atoms with Crippen molar-refractivity contribution in [3.8, 4) is 0 Å². The minimum Gasteiger partial charge on any atom is -0.457 e. The van der Waals surface area contributed by atoms with E-state index < -0.39 is 0 Å². The molecule has 1 aliphatic heterocycles. The van der Waals surface area contributed by atoms with Gasteiger partial charge in [0.25, 0.3) is 0 Å². The van der Waals surface area contributed by atoms with E-state index in [-0.39, 0.29) is 23.4 Å². The third kappa shape index (κ3) is 1.81. The number of alkyl halides is 1. The Kier molecular flexibility index (Phi) is 2.78. The third-order valence-electron chi connectivity index (χ3n) is 1.98. The van der Waals surface area contributed by atoms with Crippen LogP contribution in [0.2, 0.25) is 0 Å². The first-order chi connectivity index (χ1) is 5.52. The van der Waals surface area contributed by atoms with Crippen LogP contribution < -0.4 is 0 Å². The lowest BCUT2D eigenvalue weighted by Crippen LogP contribution is -2.36. The van der Waals surface area contributed by atoms with Crippen LogP contribution in [-0.4, -0.2) is 17.5 Å². The van der Waals surface area contributed by atoms with Crippen molar-refractivity contribution < 1.29 is 9.53 Å². The minimum atomic E-state index is -0.275. The number of hydrogen-bond donors (Lipinski definition) is 0. The van der Waals surface area contributed by atoms with Gasteiger partial charge in [-0.25, -0.2) is 4.79 Å². The lowest BCUT2D eigenvalue weighted by Gasteiger charge is -2.29. The molecule has 0 aromatic heterocycles. The monoisotopic (exact) mass is 188 g/mol. The van der Waals surface area contributed by atoms with Crippen molar-refractivity contribution in [2.45, 2.75) is 32.3 Å². The number of carbonyl (C=O) groups is 1. The topological polar surface area (TPSA) is 26.3 Å². The van der Waals surface area contributed by atoms with Gasteiger partial charge in [0.15, 0.2) is 0 Å². The Morgan fingerprint density at radius 1 is 1.58 bits per heavy atom. The van der Waals surface area contributed by atoms with Gasteiger partial charge >= 0.3 is 5.97 Å². The fraction of sp³-hybridized carbons (Fsp3) is 0.667. The van der Waals surface area contributed by atoms with Gasteiger partial charge in [0, 0.05) is 6.08 Å². The fourth-order valence-electron chi connectivity index (χ4n) is 1.23. The molecule has 0 radical (unpaired) electrons. The molecule has 0 amide bonds. The van der Waals surface area contributed by atoms with Gasteiger partial charge in [-0.15, -0.1) is 11.6 Å². The second-order valence-corrected chi connectivity index (χ2v) is 3.91. The second kappa shape index (κ2) is 3.48. The largest absolute Gasteiger partial charge is 0.457 e. The summed E-state index contributed by atoms with van der Waals surface area (Å²) in [6.45, 7) is 5.84. The Hall–Kier alpha value is -0.500. The van der Waals surface area contributed by atoms with Crippen molar-refractivity contribution in [1.29, 1.82) is 0 Å². The number of esters is 1. The second-order valence-electron chi connectivity index (χ2n) is 3.44. The first-order valence-electron chi connectivity index (χ1n) is 4.05. The zero-order valence-corrected chi connectivity index (χ0v) is 8.26. The van der Waals surface area contributed by atoms with Gasteiger partial charge in [-0.1, -0.05) is 13.8 Å². The average Bonchev–Trinajstić information content (AvgIpc) is 1.96. The maximum Gasteiger partial charge on any atom is 0.331 e.